The van der Waals surface area contributed by atoms with Crippen molar-refractivity contribution in [3.8, 4) is 0 Å². The number of nitrogens with two attached hydrogens (primary N) is 1. The highest BCUT2D eigenvalue weighted by Gasteiger charge is 2.29. The highest BCUT2D eigenvalue weighted by atomic mass is 16.2. The summed E-state index contributed by atoms with van der Waals surface area (Å²) in [5, 5.41) is 0. The maximum Gasteiger partial charge on any atom is 0.225 e. The molecule has 3 rings (SSSR count). The largest absolute Gasteiger partial charge is 0.341 e. The zero-order valence-electron chi connectivity index (χ0n) is 15.4. The van der Waals surface area contributed by atoms with Crippen LogP contribution in [-0.2, 0) is 11.2 Å². The number of amides is 1. The van der Waals surface area contributed by atoms with E-state index in [1.807, 2.05) is 0 Å². The molecule has 2 N–H and O–H groups in total. The molecular formula is C21H33N3O. The summed E-state index contributed by atoms with van der Waals surface area (Å²) in [6.07, 6.45) is 7.53. The fraction of sp³-hybridized carbons (Fsp3) is 0.667. The molecule has 4 heteroatoms. The molecular weight excluding hydrogens is 310 g/mol. The number of carbonyl (C=O) groups is 1. The van der Waals surface area contributed by atoms with E-state index in [1.165, 1.54) is 12.0 Å². The van der Waals surface area contributed by atoms with Crippen molar-refractivity contribution >= 4 is 5.91 Å². The van der Waals surface area contributed by atoms with E-state index < -0.39 is 0 Å². The van der Waals surface area contributed by atoms with Gasteiger partial charge in [-0.1, -0.05) is 36.8 Å². The first-order chi connectivity index (χ1) is 12.2. The van der Waals surface area contributed by atoms with Gasteiger partial charge in [-0.15, -0.1) is 0 Å². The first kappa shape index (κ1) is 18.4. The quantitative estimate of drug-likeness (QED) is 0.894. The molecule has 1 saturated heterocycles. The Balaban J connectivity index is 1.41. The van der Waals surface area contributed by atoms with E-state index >= 15 is 0 Å². The van der Waals surface area contributed by atoms with Gasteiger partial charge in [-0.05, 0) is 57.2 Å². The van der Waals surface area contributed by atoms with Crippen LogP contribution in [0.5, 0.6) is 0 Å². The van der Waals surface area contributed by atoms with Gasteiger partial charge in [0.2, 0.25) is 5.91 Å². The fourth-order valence-electron chi connectivity index (χ4n) is 4.28. The second-order valence-electron chi connectivity index (χ2n) is 7.73. The second-order valence-corrected chi connectivity index (χ2v) is 7.73. The molecule has 0 spiro atoms. The molecule has 1 saturated carbocycles. The zero-order valence-corrected chi connectivity index (χ0v) is 15.4. The third-order valence-electron chi connectivity index (χ3n) is 5.75. The van der Waals surface area contributed by atoms with Crippen molar-refractivity contribution in [1.82, 2.24) is 9.80 Å². The van der Waals surface area contributed by atoms with E-state index in [4.69, 9.17) is 5.73 Å². The van der Waals surface area contributed by atoms with Crippen LogP contribution >= 0.6 is 0 Å². The van der Waals surface area contributed by atoms with Crippen molar-refractivity contribution in [2.24, 2.45) is 11.7 Å². The number of hydrogen-bond donors (Lipinski definition) is 1. The van der Waals surface area contributed by atoms with Gasteiger partial charge in [-0.25, -0.2) is 0 Å². The Labute approximate surface area is 152 Å². The first-order valence-electron chi connectivity index (χ1n) is 10.0. The molecule has 1 heterocycles. The topological polar surface area (TPSA) is 49.6 Å². The Morgan fingerprint density at radius 3 is 2.68 bits per heavy atom. The number of hydrogen-bond acceptors (Lipinski definition) is 3. The standard InChI is InChI=1S/C21H33N3O/c22-20-11-4-10-19(17-20)21(25)24-14-6-13-23(15-16-24)12-5-9-18-7-2-1-3-8-18/h1-3,7-8,19-20H,4-6,9-17,22H2. The van der Waals surface area contributed by atoms with Crippen molar-refractivity contribution in [2.75, 3.05) is 32.7 Å². The minimum atomic E-state index is 0.174. The summed E-state index contributed by atoms with van der Waals surface area (Å²) >= 11 is 0. The smallest absolute Gasteiger partial charge is 0.225 e. The van der Waals surface area contributed by atoms with E-state index in [1.54, 1.807) is 0 Å². The lowest BCUT2D eigenvalue weighted by atomic mass is 9.85. The average molecular weight is 344 g/mol. The van der Waals surface area contributed by atoms with Gasteiger partial charge in [0.15, 0.2) is 0 Å². The molecule has 25 heavy (non-hydrogen) atoms. The number of nitrogens with zero attached hydrogens (tertiary/aromatic N) is 2. The summed E-state index contributed by atoms with van der Waals surface area (Å²) < 4.78 is 0. The van der Waals surface area contributed by atoms with Gasteiger partial charge in [0.1, 0.15) is 0 Å². The van der Waals surface area contributed by atoms with Crippen molar-refractivity contribution in [1.29, 1.82) is 0 Å². The summed E-state index contributed by atoms with van der Waals surface area (Å²) in [5.41, 5.74) is 7.49. The maximum atomic E-state index is 12.8. The molecule has 2 aliphatic rings. The highest BCUT2D eigenvalue weighted by Crippen LogP contribution is 2.25. The molecule has 1 aromatic rings. The molecule has 4 nitrogen and oxygen atoms in total. The van der Waals surface area contributed by atoms with Crippen molar-refractivity contribution in [2.45, 2.75) is 51.0 Å². The number of rotatable bonds is 5. The van der Waals surface area contributed by atoms with Crippen LogP contribution in [0, 0.1) is 5.92 Å². The Morgan fingerprint density at radius 2 is 1.88 bits per heavy atom. The molecule has 0 bridgehead atoms. The summed E-state index contributed by atoms with van der Waals surface area (Å²) in [6.45, 7) is 5.06. The molecule has 0 radical (unpaired) electrons. The summed E-state index contributed by atoms with van der Waals surface area (Å²) in [6, 6.07) is 10.9. The second kappa shape index (κ2) is 9.35. The third-order valence-corrected chi connectivity index (χ3v) is 5.75. The number of aryl methyl sites for hydroxylation is 1. The van der Waals surface area contributed by atoms with E-state index in [0.717, 1.165) is 71.2 Å². The molecule has 138 valence electrons. The van der Waals surface area contributed by atoms with Gasteiger partial charge in [0.05, 0.1) is 0 Å². The van der Waals surface area contributed by atoms with Gasteiger partial charge in [0, 0.05) is 31.6 Å². The predicted molar refractivity (Wildman–Crippen MR) is 102 cm³/mol. The zero-order chi connectivity index (χ0) is 17.5. The minimum absolute atomic E-state index is 0.174. The lowest BCUT2D eigenvalue weighted by Crippen LogP contribution is -2.42. The summed E-state index contributed by atoms with van der Waals surface area (Å²) in [7, 11) is 0. The molecule has 1 aliphatic carbocycles. The molecule has 2 fully saturated rings. The van der Waals surface area contributed by atoms with Gasteiger partial charge in [-0.2, -0.15) is 0 Å². The summed E-state index contributed by atoms with van der Waals surface area (Å²) in [4.78, 5) is 17.5. The molecule has 2 atom stereocenters. The van der Waals surface area contributed by atoms with E-state index in [0.29, 0.717) is 5.91 Å². The summed E-state index contributed by atoms with van der Waals surface area (Å²) in [5.74, 6) is 0.537. The van der Waals surface area contributed by atoms with E-state index in [9.17, 15) is 4.79 Å². The van der Waals surface area contributed by atoms with Gasteiger partial charge in [-0.3, -0.25) is 4.79 Å². The van der Waals surface area contributed by atoms with Gasteiger partial charge >= 0.3 is 0 Å². The van der Waals surface area contributed by atoms with E-state index in [2.05, 4.69) is 40.1 Å². The Kier molecular flexibility index (Phi) is 6.88. The van der Waals surface area contributed by atoms with Crippen LogP contribution in [0.4, 0.5) is 0 Å². The number of benzene rings is 1. The van der Waals surface area contributed by atoms with Crippen molar-refractivity contribution in [3.05, 3.63) is 35.9 Å². The molecule has 1 aliphatic heterocycles. The van der Waals surface area contributed by atoms with Crippen molar-refractivity contribution < 1.29 is 4.79 Å². The van der Waals surface area contributed by atoms with Crippen LogP contribution in [-0.4, -0.2) is 54.5 Å². The van der Waals surface area contributed by atoms with Crippen LogP contribution in [0.25, 0.3) is 0 Å². The van der Waals surface area contributed by atoms with Crippen molar-refractivity contribution in [3.63, 3.8) is 0 Å². The van der Waals surface area contributed by atoms with Gasteiger partial charge < -0.3 is 15.5 Å². The van der Waals surface area contributed by atoms with E-state index in [-0.39, 0.29) is 12.0 Å². The monoisotopic (exact) mass is 343 g/mol. The van der Waals surface area contributed by atoms with Crippen LogP contribution in [0.2, 0.25) is 0 Å². The Bertz CT molecular complexity index is 533. The molecule has 1 aromatic carbocycles. The Hall–Kier alpha value is -1.39. The fourth-order valence-corrected chi connectivity index (χ4v) is 4.28. The predicted octanol–water partition coefficient (Wildman–Crippen LogP) is 2.67. The lowest BCUT2D eigenvalue weighted by molar-refractivity contribution is -0.136. The third kappa shape index (κ3) is 5.55. The first-order valence-corrected chi connectivity index (χ1v) is 10.0. The van der Waals surface area contributed by atoms with Crippen LogP contribution < -0.4 is 5.73 Å². The average Bonchev–Trinajstić information content (AvgIpc) is 2.88. The minimum Gasteiger partial charge on any atom is -0.341 e. The molecule has 2 unspecified atom stereocenters. The maximum absolute atomic E-state index is 12.8. The van der Waals surface area contributed by atoms with Crippen LogP contribution in [0.3, 0.4) is 0 Å². The highest BCUT2D eigenvalue weighted by molar-refractivity contribution is 5.79. The van der Waals surface area contributed by atoms with Crippen LogP contribution in [0.15, 0.2) is 30.3 Å². The van der Waals surface area contributed by atoms with Crippen LogP contribution in [0.1, 0.15) is 44.1 Å². The van der Waals surface area contributed by atoms with Gasteiger partial charge in [0.25, 0.3) is 0 Å². The Morgan fingerprint density at radius 1 is 1.04 bits per heavy atom. The normalized spacial score (nSPS) is 25.6. The molecule has 0 aromatic heterocycles. The number of carbonyl (C=O) groups excluding carboxylic acids is 1. The lowest BCUT2D eigenvalue weighted by Gasteiger charge is -2.31. The SMILES string of the molecule is NC1CCCC(C(=O)N2CCCN(CCCc3ccccc3)CC2)C1. The molecule has 1 amide bonds.